The summed E-state index contributed by atoms with van der Waals surface area (Å²) in [5, 5.41) is -0.200. The van der Waals surface area contributed by atoms with Crippen molar-refractivity contribution in [1.82, 2.24) is 0 Å². The molecule has 2 atom stereocenters. The molecule has 0 saturated carbocycles. The SMILES string of the molecule is COC(=O)CS(=O)C(C)c1ccc(-c2ccccc2)cc1. The molecular formula is C17H18O3S. The Bertz CT molecular complexity index is 620. The van der Waals surface area contributed by atoms with Crippen molar-refractivity contribution < 1.29 is 13.7 Å². The van der Waals surface area contributed by atoms with Gasteiger partial charge in [-0.15, -0.1) is 0 Å². The Labute approximate surface area is 127 Å². The van der Waals surface area contributed by atoms with Crippen molar-refractivity contribution in [2.45, 2.75) is 12.2 Å². The molecule has 0 aliphatic heterocycles. The van der Waals surface area contributed by atoms with Crippen LogP contribution in [0.3, 0.4) is 0 Å². The molecule has 21 heavy (non-hydrogen) atoms. The number of hydrogen-bond donors (Lipinski definition) is 0. The first-order valence-corrected chi connectivity index (χ1v) is 8.09. The molecular weight excluding hydrogens is 284 g/mol. The smallest absolute Gasteiger partial charge is 0.318 e. The van der Waals surface area contributed by atoms with E-state index in [1.165, 1.54) is 7.11 Å². The molecule has 2 aromatic carbocycles. The van der Waals surface area contributed by atoms with E-state index in [1.807, 2.05) is 61.5 Å². The van der Waals surface area contributed by atoms with E-state index >= 15 is 0 Å². The maximum Gasteiger partial charge on any atom is 0.318 e. The van der Waals surface area contributed by atoms with Crippen molar-refractivity contribution in [3.05, 3.63) is 60.2 Å². The van der Waals surface area contributed by atoms with Gasteiger partial charge in [0.15, 0.2) is 0 Å². The van der Waals surface area contributed by atoms with Gasteiger partial charge in [-0.2, -0.15) is 0 Å². The van der Waals surface area contributed by atoms with Gasteiger partial charge in [-0.05, 0) is 23.6 Å². The largest absolute Gasteiger partial charge is 0.468 e. The fourth-order valence-electron chi connectivity index (χ4n) is 2.03. The van der Waals surface area contributed by atoms with Gasteiger partial charge in [0.1, 0.15) is 5.75 Å². The Kier molecular flexibility index (Phi) is 5.28. The number of esters is 1. The molecule has 0 amide bonds. The molecule has 0 saturated heterocycles. The molecule has 110 valence electrons. The van der Waals surface area contributed by atoms with E-state index in [-0.39, 0.29) is 11.0 Å². The highest BCUT2D eigenvalue weighted by molar-refractivity contribution is 7.85. The summed E-state index contributed by atoms with van der Waals surface area (Å²) in [6, 6.07) is 18.0. The second kappa shape index (κ2) is 7.18. The minimum absolute atomic E-state index is 0.0713. The van der Waals surface area contributed by atoms with Crippen LogP contribution < -0.4 is 0 Å². The summed E-state index contributed by atoms with van der Waals surface area (Å²) in [6.45, 7) is 1.86. The molecule has 0 heterocycles. The maximum atomic E-state index is 12.1. The van der Waals surface area contributed by atoms with Gasteiger partial charge in [0, 0.05) is 10.8 Å². The number of benzene rings is 2. The molecule has 0 aliphatic rings. The zero-order valence-electron chi connectivity index (χ0n) is 12.1. The molecule has 0 aromatic heterocycles. The minimum Gasteiger partial charge on any atom is -0.468 e. The van der Waals surface area contributed by atoms with E-state index in [0.29, 0.717) is 0 Å². The van der Waals surface area contributed by atoms with Crippen molar-refractivity contribution >= 4 is 16.8 Å². The third-order valence-corrected chi connectivity index (χ3v) is 4.95. The van der Waals surface area contributed by atoms with E-state index in [4.69, 9.17) is 0 Å². The molecule has 0 radical (unpaired) electrons. The zero-order chi connectivity index (χ0) is 15.2. The van der Waals surface area contributed by atoms with Gasteiger partial charge in [-0.1, -0.05) is 54.6 Å². The standard InChI is InChI=1S/C17H18O3S/c1-13(21(19)12-17(18)20-2)14-8-10-16(11-9-14)15-6-4-3-5-7-15/h3-11,13H,12H2,1-2H3. The number of carbonyl (C=O) groups excluding carboxylic acids is 1. The zero-order valence-corrected chi connectivity index (χ0v) is 12.9. The van der Waals surface area contributed by atoms with Gasteiger partial charge in [-0.3, -0.25) is 9.00 Å². The average molecular weight is 302 g/mol. The molecule has 0 aliphatic carbocycles. The lowest BCUT2D eigenvalue weighted by molar-refractivity contribution is -0.137. The summed E-state index contributed by atoms with van der Waals surface area (Å²) in [5.74, 6) is -0.515. The highest BCUT2D eigenvalue weighted by Crippen LogP contribution is 2.24. The van der Waals surface area contributed by atoms with Crippen LogP contribution in [-0.2, 0) is 20.3 Å². The number of carbonyl (C=O) groups is 1. The molecule has 3 nitrogen and oxygen atoms in total. The number of hydrogen-bond acceptors (Lipinski definition) is 3. The molecule has 4 heteroatoms. The molecule has 2 rings (SSSR count). The fraction of sp³-hybridized carbons (Fsp3) is 0.235. The topological polar surface area (TPSA) is 43.4 Å². The highest BCUT2D eigenvalue weighted by atomic mass is 32.2. The van der Waals surface area contributed by atoms with Crippen LogP contribution in [0.5, 0.6) is 0 Å². The van der Waals surface area contributed by atoms with Crippen LogP contribution in [0, 0.1) is 0 Å². The number of rotatable bonds is 5. The summed E-state index contributed by atoms with van der Waals surface area (Å²) in [7, 11) is 0.0331. The minimum atomic E-state index is -1.27. The summed E-state index contributed by atoms with van der Waals surface area (Å²) < 4.78 is 16.6. The normalized spacial score (nSPS) is 13.4. The van der Waals surface area contributed by atoms with Crippen molar-refractivity contribution in [1.29, 1.82) is 0 Å². The fourth-order valence-corrected chi connectivity index (χ4v) is 3.09. The molecule has 0 bridgehead atoms. The Morgan fingerprint density at radius 3 is 2.19 bits per heavy atom. The summed E-state index contributed by atoms with van der Waals surface area (Å²) in [4.78, 5) is 11.2. The van der Waals surface area contributed by atoms with Crippen LogP contribution in [0.15, 0.2) is 54.6 Å². The van der Waals surface area contributed by atoms with E-state index < -0.39 is 16.8 Å². The van der Waals surface area contributed by atoms with Crippen molar-refractivity contribution in [3.8, 4) is 11.1 Å². The second-order valence-electron chi connectivity index (χ2n) is 4.73. The lowest BCUT2D eigenvalue weighted by atomic mass is 10.0. The van der Waals surface area contributed by atoms with Gasteiger partial charge >= 0.3 is 5.97 Å². The van der Waals surface area contributed by atoms with Crippen molar-refractivity contribution in [2.75, 3.05) is 12.9 Å². The highest BCUT2D eigenvalue weighted by Gasteiger charge is 2.17. The van der Waals surface area contributed by atoms with E-state index in [9.17, 15) is 9.00 Å². The Morgan fingerprint density at radius 1 is 1.05 bits per heavy atom. The van der Waals surface area contributed by atoms with Crippen LogP contribution in [0.2, 0.25) is 0 Å². The van der Waals surface area contributed by atoms with Crippen LogP contribution in [0.4, 0.5) is 0 Å². The molecule has 0 N–H and O–H groups in total. The van der Waals surface area contributed by atoms with Crippen LogP contribution >= 0.6 is 0 Å². The first-order valence-electron chi connectivity index (χ1n) is 6.71. The Hall–Kier alpha value is -1.94. The summed E-state index contributed by atoms with van der Waals surface area (Å²) in [5.41, 5.74) is 3.22. The molecule has 0 fully saturated rings. The quantitative estimate of drug-likeness (QED) is 0.796. The Morgan fingerprint density at radius 2 is 1.62 bits per heavy atom. The third kappa shape index (κ3) is 4.02. The van der Waals surface area contributed by atoms with Crippen LogP contribution in [0.1, 0.15) is 17.7 Å². The van der Waals surface area contributed by atoms with Crippen molar-refractivity contribution in [2.24, 2.45) is 0 Å². The van der Waals surface area contributed by atoms with Gasteiger partial charge in [0.25, 0.3) is 0 Å². The third-order valence-electron chi connectivity index (χ3n) is 3.37. The van der Waals surface area contributed by atoms with Crippen LogP contribution in [-0.4, -0.2) is 23.0 Å². The summed E-state index contributed by atoms with van der Waals surface area (Å²) >= 11 is 0. The number of ether oxygens (including phenoxy) is 1. The van der Waals surface area contributed by atoms with Gasteiger partial charge in [0.05, 0.1) is 12.4 Å². The van der Waals surface area contributed by atoms with E-state index in [2.05, 4.69) is 4.74 Å². The van der Waals surface area contributed by atoms with Gasteiger partial charge in [-0.25, -0.2) is 0 Å². The number of methoxy groups -OCH3 is 1. The van der Waals surface area contributed by atoms with E-state index in [1.54, 1.807) is 0 Å². The van der Waals surface area contributed by atoms with Gasteiger partial charge in [0.2, 0.25) is 0 Å². The first kappa shape index (κ1) is 15.4. The lowest BCUT2D eigenvalue weighted by Crippen LogP contribution is -2.16. The molecule has 0 spiro atoms. The Balaban J connectivity index is 2.12. The predicted octanol–water partition coefficient (Wildman–Crippen LogP) is 3.34. The molecule has 2 unspecified atom stereocenters. The van der Waals surface area contributed by atoms with Gasteiger partial charge < -0.3 is 4.74 Å². The second-order valence-corrected chi connectivity index (χ2v) is 6.49. The monoisotopic (exact) mass is 302 g/mol. The lowest BCUT2D eigenvalue weighted by Gasteiger charge is -2.12. The summed E-state index contributed by atoms with van der Waals surface area (Å²) in [6.07, 6.45) is 0. The average Bonchev–Trinajstić information content (AvgIpc) is 2.55. The molecule has 2 aromatic rings. The van der Waals surface area contributed by atoms with Crippen LogP contribution in [0.25, 0.3) is 11.1 Å². The van der Waals surface area contributed by atoms with E-state index in [0.717, 1.165) is 16.7 Å². The predicted molar refractivity (Wildman–Crippen MR) is 85.3 cm³/mol. The van der Waals surface area contributed by atoms with Crippen molar-refractivity contribution in [3.63, 3.8) is 0 Å². The first-order chi connectivity index (χ1) is 10.1. The maximum absolute atomic E-state index is 12.1.